The minimum Gasteiger partial charge on any atom is -0.400 e. The second-order valence-corrected chi connectivity index (χ2v) is 20.3. The lowest BCUT2D eigenvalue weighted by Crippen LogP contribution is -2.83. The van der Waals surface area contributed by atoms with Crippen molar-refractivity contribution in [2.24, 2.45) is 50.3 Å². The number of nitrogens with one attached hydrogen (secondary N) is 1. The number of aliphatic imine (C=N–C) groups is 1. The number of anilines is 2. The highest BCUT2D eigenvalue weighted by Gasteiger charge is 2.89. The van der Waals surface area contributed by atoms with Gasteiger partial charge in [0.1, 0.15) is 23.2 Å². The molecule has 4 aliphatic carbocycles. The summed E-state index contributed by atoms with van der Waals surface area (Å²) in [6.45, 7) is 15.1. The largest absolute Gasteiger partial charge is 0.400 e. The second-order valence-electron chi connectivity index (χ2n) is 19.3. The number of nitrogens with zero attached hydrogens (tertiary/aromatic N) is 5. The third kappa shape index (κ3) is 6.00. The van der Waals surface area contributed by atoms with E-state index in [1.807, 2.05) is 55.1 Å². The number of aromatic nitrogens is 2. The SMILES string of the molecule is CC(=NCC1CC2(C)CC3(OCCN4CCCC4)CC4(C)CC1CC243)C1=C(N)COC(O)c2nc(N3CCCC(/C(C)=C(\N)Nc4nc5ccccc5s4)=C3N)ccc21. The Balaban J connectivity index is 0.862. The van der Waals surface area contributed by atoms with E-state index in [-0.39, 0.29) is 17.6 Å². The third-order valence-electron chi connectivity index (χ3n) is 16.0. The van der Waals surface area contributed by atoms with Crippen LogP contribution in [0, 0.1) is 28.1 Å². The first-order valence-electron chi connectivity index (χ1n) is 21.9. The van der Waals surface area contributed by atoms with Gasteiger partial charge in [-0.3, -0.25) is 4.99 Å². The summed E-state index contributed by atoms with van der Waals surface area (Å²) in [6, 6.07) is 12.0. The van der Waals surface area contributed by atoms with Crippen LogP contribution in [0.4, 0.5) is 10.9 Å². The number of hydrogen-bond donors (Lipinski definition) is 5. The second kappa shape index (κ2) is 14.3. The summed E-state index contributed by atoms with van der Waals surface area (Å²) in [6.07, 6.45) is 9.17. The zero-order valence-electron chi connectivity index (χ0n) is 35.1. The zero-order chi connectivity index (χ0) is 40.9. The molecule has 5 heterocycles. The first-order chi connectivity index (χ1) is 28.3. The molecular formula is C46H61N9O3S. The molecule has 7 aliphatic rings. The van der Waals surface area contributed by atoms with Crippen molar-refractivity contribution < 1.29 is 14.6 Å². The number of likely N-dealkylation sites (tertiary alicyclic amines) is 1. The van der Waals surface area contributed by atoms with Crippen LogP contribution in [0.2, 0.25) is 0 Å². The molecule has 59 heavy (non-hydrogen) atoms. The Labute approximate surface area is 352 Å². The van der Waals surface area contributed by atoms with Crippen LogP contribution < -0.4 is 27.4 Å². The molecule has 1 aromatic carbocycles. The Morgan fingerprint density at radius 2 is 1.80 bits per heavy atom. The van der Waals surface area contributed by atoms with Crippen molar-refractivity contribution in [2.75, 3.05) is 56.2 Å². The number of aliphatic hydroxyl groups excluding tert-OH is 1. The minimum absolute atomic E-state index is 0.0826. The van der Waals surface area contributed by atoms with Crippen LogP contribution in [0.5, 0.6) is 0 Å². The molecular weight excluding hydrogens is 759 g/mol. The number of nitrogens with two attached hydrogens (primary N) is 3. The number of thiazole rings is 1. The van der Waals surface area contributed by atoms with Gasteiger partial charge in [-0.1, -0.05) is 37.3 Å². The van der Waals surface area contributed by atoms with E-state index in [0.717, 1.165) is 75.9 Å². The molecule has 314 valence electrons. The number of pyridine rings is 1. The highest BCUT2D eigenvalue weighted by atomic mass is 32.1. The van der Waals surface area contributed by atoms with Gasteiger partial charge >= 0.3 is 0 Å². The van der Waals surface area contributed by atoms with Crippen LogP contribution in [0.25, 0.3) is 15.8 Å². The number of rotatable bonds is 11. The minimum atomic E-state index is -1.25. The quantitative estimate of drug-likeness (QED) is 0.126. The van der Waals surface area contributed by atoms with Crippen molar-refractivity contribution in [1.82, 2.24) is 14.9 Å². The highest BCUT2D eigenvalue weighted by molar-refractivity contribution is 7.22. The molecule has 8 N–H and O–H groups in total. The van der Waals surface area contributed by atoms with E-state index in [9.17, 15) is 5.11 Å². The summed E-state index contributed by atoms with van der Waals surface area (Å²) in [5.74, 6) is 2.90. The van der Waals surface area contributed by atoms with Gasteiger partial charge in [0.25, 0.3) is 0 Å². The van der Waals surface area contributed by atoms with Crippen molar-refractivity contribution in [3.05, 3.63) is 76.1 Å². The fourth-order valence-electron chi connectivity index (χ4n) is 13.7. The van der Waals surface area contributed by atoms with E-state index in [1.165, 1.54) is 58.0 Å². The Morgan fingerprint density at radius 3 is 2.59 bits per heavy atom. The molecule has 7 atom stereocenters. The van der Waals surface area contributed by atoms with E-state index in [1.54, 1.807) is 11.3 Å². The molecule has 12 nitrogen and oxygen atoms in total. The number of allylic oxidation sites excluding steroid dienone is 3. The Bertz CT molecular complexity index is 2280. The number of hydrogen-bond acceptors (Lipinski definition) is 13. The Kier molecular flexibility index (Phi) is 9.48. The van der Waals surface area contributed by atoms with Gasteiger partial charge in [-0.15, -0.1) is 0 Å². The normalized spacial score (nSPS) is 34.6. The van der Waals surface area contributed by atoms with Gasteiger partial charge in [0.05, 0.1) is 29.0 Å². The first-order valence-corrected chi connectivity index (χ1v) is 22.7. The van der Waals surface area contributed by atoms with E-state index in [4.69, 9.17) is 36.7 Å². The Hall–Kier alpha value is -4.01. The van der Waals surface area contributed by atoms with Crippen LogP contribution >= 0.6 is 11.3 Å². The third-order valence-corrected chi connectivity index (χ3v) is 16.9. The number of ether oxygens (including phenoxy) is 2. The van der Waals surface area contributed by atoms with Crippen LogP contribution in [-0.2, 0) is 9.47 Å². The lowest BCUT2D eigenvalue weighted by molar-refractivity contribution is -0.404. The fourth-order valence-corrected chi connectivity index (χ4v) is 14.5. The topological polar surface area (TPSA) is 173 Å². The zero-order valence-corrected chi connectivity index (χ0v) is 36.0. The average Bonchev–Trinajstić information content (AvgIpc) is 3.93. The summed E-state index contributed by atoms with van der Waals surface area (Å²) in [7, 11) is 0. The lowest BCUT2D eigenvalue weighted by Gasteiger charge is -2.83. The van der Waals surface area contributed by atoms with Gasteiger partial charge < -0.3 is 46.9 Å². The summed E-state index contributed by atoms with van der Waals surface area (Å²) in [5, 5.41) is 15.3. The maximum atomic E-state index is 11.3. The molecule has 0 radical (unpaired) electrons. The van der Waals surface area contributed by atoms with Gasteiger partial charge in [0.2, 0.25) is 0 Å². The summed E-state index contributed by atoms with van der Waals surface area (Å²) >= 11 is 1.56. The lowest BCUT2D eigenvalue weighted by atomic mass is 9.24. The van der Waals surface area contributed by atoms with Gasteiger partial charge in [-0.05, 0) is 143 Å². The molecule has 1 saturated heterocycles. The highest BCUT2D eigenvalue weighted by Crippen LogP contribution is 2.91. The molecule has 2 aromatic heterocycles. The van der Waals surface area contributed by atoms with Crippen LogP contribution in [0.1, 0.15) is 103 Å². The smallest absolute Gasteiger partial charge is 0.199 e. The molecule has 1 spiro atoms. The molecule has 13 heteroatoms. The van der Waals surface area contributed by atoms with E-state index in [2.05, 4.69) is 29.0 Å². The fraction of sp³-hybridized carbons (Fsp3) is 0.587. The van der Waals surface area contributed by atoms with Gasteiger partial charge in [-0.2, -0.15) is 0 Å². The summed E-state index contributed by atoms with van der Waals surface area (Å²) < 4.78 is 13.9. The van der Waals surface area contributed by atoms with Gasteiger partial charge in [0.15, 0.2) is 11.4 Å². The molecule has 3 aliphatic heterocycles. The van der Waals surface area contributed by atoms with Gasteiger partial charge in [-0.25, -0.2) is 9.97 Å². The molecule has 3 aromatic rings. The maximum absolute atomic E-state index is 11.3. The summed E-state index contributed by atoms with van der Waals surface area (Å²) in [4.78, 5) is 19.6. The number of aliphatic hydroxyl groups is 1. The predicted octanol–water partition coefficient (Wildman–Crippen LogP) is 7.00. The van der Waals surface area contributed by atoms with Crippen molar-refractivity contribution in [2.45, 2.75) is 97.4 Å². The number of para-hydroxylation sites is 1. The van der Waals surface area contributed by atoms with Crippen molar-refractivity contribution >= 4 is 43.8 Å². The van der Waals surface area contributed by atoms with E-state index >= 15 is 0 Å². The first kappa shape index (κ1) is 39.1. The molecule has 0 amide bonds. The number of fused-ring (bicyclic) bond motifs is 3. The predicted molar refractivity (Wildman–Crippen MR) is 235 cm³/mol. The monoisotopic (exact) mass is 819 g/mol. The van der Waals surface area contributed by atoms with Crippen LogP contribution in [-0.4, -0.2) is 77.2 Å². The Morgan fingerprint density at radius 1 is 1.02 bits per heavy atom. The van der Waals surface area contributed by atoms with E-state index in [0.29, 0.717) is 58.1 Å². The van der Waals surface area contributed by atoms with Crippen molar-refractivity contribution in [3.8, 4) is 0 Å². The molecule has 7 unspecified atom stereocenters. The van der Waals surface area contributed by atoms with Gasteiger partial charge in [0, 0.05) is 47.6 Å². The summed E-state index contributed by atoms with van der Waals surface area (Å²) in [5.41, 5.74) is 27.4. The van der Waals surface area contributed by atoms with E-state index < -0.39 is 6.29 Å². The van der Waals surface area contributed by atoms with Crippen LogP contribution in [0.15, 0.2) is 69.9 Å². The molecule has 10 rings (SSSR count). The van der Waals surface area contributed by atoms with Crippen molar-refractivity contribution in [3.63, 3.8) is 0 Å². The number of benzene rings is 1. The molecule has 4 saturated carbocycles. The van der Waals surface area contributed by atoms with Crippen molar-refractivity contribution in [1.29, 1.82) is 0 Å². The maximum Gasteiger partial charge on any atom is 0.199 e. The average molecular weight is 820 g/mol. The van der Waals surface area contributed by atoms with Crippen LogP contribution in [0.3, 0.4) is 0 Å². The standard InChI is InChI=1S/C46H61N9O3S/c1-27(39(48)53-42-51-34-11-5-6-12-35(34)59-42)31-10-9-17-55(40(31)49)36-14-13-32-37(33(47)24-57-41(56)38(32)52-36)28(2)50-23-30-21-44(4)26-45(58-19-18-54-15-7-8-16-54)25-43(3)20-29(30)22-46(43,44)45/h5-6,11-14,29-30,41,56H,7-10,15-26,47-49H2,1-4H3,(H,51,53)/b39-27+,50-28?. The molecule has 2 bridgehead atoms. The molecule has 5 fully saturated rings.